The predicted octanol–water partition coefficient (Wildman–Crippen LogP) is 2.77. The molecule has 0 unspecified atom stereocenters. The molecule has 0 saturated carbocycles. The van der Waals surface area contributed by atoms with E-state index in [4.69, 9.17) is 5.73 Å². The quantitative estimate of drug-likeness (QED) is 0.868. The van der Waals surface area contributed by atoms with Gasteiger partial charge in [-0.05, 0) is 42.5 Å². The summed E-state index contributed by atoms with van der Waals surface area (Å²) in [6, 6.07) is 8.70. The number of nitrogens with two attached hydrogens (primary N) is 1. The monoisotopic (exact) mass is 232 g/mol. The smallest absolute Gasteiger partial charge is 0.0233 e. The maximum absolute atomic E-state index is 5.60. The number of hydrogen-bond acceptors (Lipinski definition) is 2. The van der Waals surface area contributed by atoms with Crippen LogP contribution in [0.15, 0.2) is 24.3 Å². The van der Waals surface area contributed by atoms with Crippen molar-refractivity contribution in [2.75, 3.05) is 13.1 Å². The third-order valence-electron chi connectivity index (χ3n) is 3.87. The average Bonchev–Trinajstić information content (AvgIpc) is 2.33. The van der Waals surface area contributed by atoms with E-state index < -0.39 is 0 Å². The van der Waals surface area contributed by atoms with Gasteiger partial charge in [0.05, 0.1) is 0 Å². The molecule has 0 radical (unpaired) electrons. The summed E-state index contributed by atoms with van der Waals surface area (Å²) in [4.78, 5) is 2.56. The Morgan fingerprint density at radius 1 is 1.06 bits per heavy atom. The van der Waals surface area contributed by atoms with Gasteiger partial charge in [0, 0.05) is 13.1 Å². The Kier molecular flexibility index (Phi) is 3.85. The minimum Gasteiger partial charge on any atom is -0.326 e. The van der Waals surface area contributed by atoms with E-state index in [1.807, 2.05) is 0 Å². The van der Waals surface area contributed by atoms with Crippen LogP contribution in [-0.4, -0.2) is 18.0 Å². The van der Waals surface area contributed by atoms with Crippen LogP contribution in [0.25, 0.3) is 0 Å². The number of benzene rings is 1. The number of nitrogens with zero attached hydrogens (tertiary/aromatic N) is 1. The fourth-order valence-electron chi connectivity index (χ4n) is 2.36. The van der Waals surface area contributed by atoms with Crippen molar-refractivity contribution in [3.8, 4) is 0 Å². The molecule has 0 aliphatic carbocycles. The van der Waals surface area contributed by atoms with Gasteiger partial charge < -0.3 is 5.73 Å². The Balaban J connectivity index is 1.89. The number of hydrogen-bond donors (Lipinski definition) is 1. The molecule has 2 rings (SSSR count). The molecule has 1 heterocycles. The van der Waals surface area contributed by atoms with Crippen LogP contribution in [0.1, 0.15) is 37.8 Å². The second-order valence-electron chi connectivity index (χ2n) is 5.96. The van der Waals surface area contributed by atoms with E-state index in [1.165, 1.54) is 37.1 Å². The SMILES string of the molecule is CC1(C)CCN(Cc2ccc(CN)cc2)CC1. The Morgan fingerprint density at radius 3 is 2.12 bits per heavy atom. The van der Waals surface area contributed by atoms with E-state index in [0.717, 1.165) is 6.54 Å². The highest BCUT2D eigenvalue weighted by molar-refractivity contribution is 5.22. The van der Waals surface area contributed by atoms with Crippen molar-refractivity contribution in [3.05, 3.63) is 35.4 Å². The summed E-state index contributed by atoms with van der Waals surface area (Å²) >= 11 is 0. The van der Waals surface area contributed by atoms with Crippen LogP contribution in [-0.2, 0) is 13.1 Å². The minimum atomic E-state index is 0.542. The Bertz CT molecular complexity index is 344. The van der Waals surface area contributed by atoms with Crippen molar-refractivity contribution < 1.29 is 0 Å². The van der Waals surface area contributed by atoms with Crippen LogP contribution < -0.4 is 5.73 Å². The lowest BCUT2D eigenvalue weighted by atomic mass is 9.82. The van der Waals surface area contributed by atoms with E-state index in [9.17, 15) is 0 Å². The maximum Gasteiger partial charge on any atom is 0.0233 e. The van der Waals surface area contributed by atoms with E-state index in [-0.39, 0.29) is 0 Å². The highest BCUT2D eigenvalue weighted by atomic mass is 15.1. The molecular weight excluding hydrogens is 208 g/mol. The second kappa shape index (κ2) is 5.19. The largest absolute Gasteiger partial charge is 0.326 e. The lowest BCUT2D eigenvalue weighted by Gasteiger charge is -2.36. The third-order valence-corrected chi connectivity index (χ3v) is 3.87. The molecule has 1 saturated heterocycles. The fourth-order valence-corrected chi connectivity index (χ4v) is 2.36. The van der Waals surface area contributed by atoms with Gasteiger partial charge in [-0.2, -0.15) is 0 Å². The topological polar surface area (TPSA) is 29.3 Å². The summed E-state index contributed by atoms with van der Waals surface area (Å²) in [5, 5.41) is 0. The molecule has 94 valence electrons. The van der Waals surface area contributed by atoms with Crippen molar-refractivity contribution in [1.82, 2.24) is 4.90 Å². The van der Waals surface area contributed by atoms with Crippen LogP contribution in [0.4, 0.5) is 0 Å². The summed E-state index contributed by atoms with van der Waals surface area (Å²) in [6.45, 7) is 8.93. The summed E-state index contributed by atoms with van der Waals surface area (Å²) in [5.74, 6) is 0. The van der Waals surface area contributed by atoms with Crippen LogP contribution >= 0.6 is 0 Å². The van der Waals surface area contributed by atoms with Crippen molar-refractivity contribution in [1.29, 1.82) is 0 Å². The van der Waals surface area contributed by atoms with E-state index >= 15 is 0 Å². The lowest BCUT2D eigenvalue weighted by molar-refractivity contribution is 0.127. The van der Waals surface area contributed by atoms with Gasteiger partial charge in [0.2, 0.25) is 0 Å². The molecule has 2 heteroatoms. The highest BCUT2D eigenvalue weighted by Gasteiger charge is 2.24. The van der Waals surface area contributed by atoms with Crippen LogP contribution in [0.5, 0.6) is 0 Å². The molecule has 2 N–H and O–H groups in total. The molecule has 0 atom stereocenters. The Morgan fingerprint density at radius 2 is 1.59 bits per heavy atom. The first kappa shape index (κ1) is 12.6. The summed E-state index contributed by atoms with van der Waals surface area (Å²) in [6.07, 6.45) is 2.63. The second-order valence-corrected chi connectivity index (χ2v) is 5.96. The molecule has 0 bridgehead atoms. The predicted molar refractivity (Wildman–Crippen MR) is 72.6 cm³/mol. The fraction of sp³-hybridized carbons (Fsp3) is 0.600. The molecule has 1 aromatic rings. The normalized spacial score (nSPS) is 20.4. The van der Waals surface area contributed by atoms with Crippen molar-refractivity contribution >= 4 is 0 Å². The highest BCUT2D eigenvalue weighted by Crippen LogP contribution is 2.30. The molecule has 0 aromatic heterocycles. The summed E-state index contributed by atoms with van der Waals surface area (Å²) < 4.78 is 0. The van der Waals surface area contributed by atoms with Gasteiger partial charge in [-0.3, -0.25) is 4.90 Å². The lowest BCUT2D eigenvalue weighted by Crippen LogP contribution is -2.36. The average molecular weight is 232 g/mol. The first-order chi connectivity index (χ1) is 8.09. The molecule has 17 heavy (non-hydrogen) atoms. The standard InChI is InChI=1S/C15H24N2/c1-15(2)7-9-17(10-8-15)12-14-5-3-13(11-16)4-6-14/h3-6H,7-12,16H2,1-2H3. The van der Waals surface area contributed by atoms with Gasteiger partial charge in [-0.25, -0.2) is 0 Å². The Hall–Kier alpha value is -0.860. The van der Waals surface area contributed by atoms with Crippen LogP contribution in [0.3, 0.4) is 0 Å². The van der Waals surface area contributed by atoms with Gasteiger partial charge in [0.25, 0.3) is 0 Å². The van der Waals surface area contributed by atoms with E-state index in [2.05, 4.69) is 43.0 Å². The number of rotatable bonds is 3. The molecular formula is C15H24N2. The maximum atomic E-state index is 5.60. The van der Waals surface area contributed by atoms with Gasteiger partial charge in [0.15, 0.2) is 0 Å². The summed E-state index contributed by atoms with van der Waals surface area (Å²) in [5.41, 5.74) is 8.77. The molecule has 1 aromatic carbocycles. The van der Waals surface area contributed by atoms with E-state index in [0.29, 0.717) is 12.0 Å². The first-order valence-corrected chi connectivity index (χ1v) is 6.59. The van der Waals surface area contributed by atoms with Crippen molar-refractivity contribution in [2.45, 2.75) is 39.8 Å². The molecule has 1 aliphatic rings. The van der Waals surface area contributed by atoms with Crippen LogP contribution in [0.2, 0.25) is 0 Å². The first-order valence-electron chi connectivity index (χ1n) is 6.59. The van der Waals surface area contributed by atoms with E-state index in [1.54, 1.807) is 0 Å². The third kappa shape index (κ3) is 3.55. The minimum absolute atomic E-state index is 0.542. The number of likely N-dealkylation sites (tertiary alicyclic amines) is 1. The Labute approximate surface area is 105 Å². The van der Waals surface area contributed by atoms with Crippen molar-refractivity contribution in [3.63, 3.8) is 0 Å². The zero-order chi connectivity index (χ0) is 12.3. The molecule has 1 aliphatic heterocycles. The zero-order valence-electron chi connectivity index (χ0n) is 11.1. The van der Waals surface area contributed by atoms with Gasteiger partial charge in [-0.1, -0.05) is 38.1 Å². The summed E-state index contributed by atoms with van der Waals surface area (Å²) in [7, 11) is 0. The van der Waals surface area contributed by atoms with Crippen molar-refractivity contribution in [2.24, 2.45) is 11.1 Å². The zero-order valence-corrected chi connectivity index (χ0v) is 11.1. The molecule has 0 spiro atoms. The number of piperidine rings is 1. The molecule has 1 fully saturated rings. The van der Waals surface area contributed by atoms with Crippen LogP contribution in [0, 0.1) is 5.41 Å². The van der Waals surface area contributed by atoms with Gasteiger partial charge in [0.1, 0.15) is 0 Å². The van der Waals surface area contributed by atoms with Gasteiger partial charge >= 0.3 is 0 Å². The van der Waals surface area contributed by atoms with Gasteiger partial charge in [-0.15, -0.1) is 0 Å². The molecule has 0 amide bonds. The molecule has 2 nitrogen and oxygen atoms in total.